The highest BCUT2D eigenvalue weighted by Gasteiger charge is 2.09. The van der Waals surface area contributed by atoms with Crippen molar-refractivity contribution in [1.82, 2.24) is 0 Å². The van der Waals surface area contributed by atoms with Crippen molar-refractivity contribution in [3.63, 3.8) is 0 Å². The van der Waals surface area contributed by atoms with Crippen LogP contribution in [0.25, 0.3) is 0 Å². The molecule has 0 radical (unpaired) electrons. The summed E-state index contributed by atoms with van der Waals surface area (Å²) in [6.07, 6.45) is 5.18. The zero-order valence-electron chi connectivity index (χ0n) is 8.81. The van der Waals surface area contributed by atoms with Crippen LogP contribution in [0.3, 0.4) is 0 Å². The van der Waals surface area contributed by atoms with Gasteiger partial charge in [-0.1, -0.05) is 12.0 Å². The van der Waals surface area contributed by atoms with E-state index in [-0.39, 0.29) is 12.8 Å². The van der Waals surface area contributed by atoms with Gasteiger partial charge in [-0.05, 0) is 18.2 Å². The van der Waals surface area contributed by atoms with Crippen molar-refractivity contribution in [1.29, 1.82) is 0 Å². The SMILES string of the molecule is C#Cc1cccc(OC(=O)CCC(=O)OI)c1. The summed E-state index contributed by atoms with van der Waals surface area (Å²) in [5.41, 5.74) is 0.627. The van der Waals surface area contributed by atoms with Crippen molar-refractivity contribution < 1.29 is 17.4 Å². The van der Waals surface area contributed by atoms with E-state index < -0.39 is 11.9 Å². The van der Waals surface area contributed by atoms with Crippen molar-refractivity contribution in [2.24, 2.45) is 0 Å². The molecule has 0 aliphatic heterocycles. The molecule has 0 atom stereocenters. The van der Waals surface area contributed by atoms with Gasteiger partial charge in [-0.2, -0.15) is 0 Å². The van der Waals surface area contributed by atoms with Gasteiger partial charge in [-0.15, -0.1) is 6.42 Å². The number of hydrogen-bond acceptors (Lipinski definition) is 4. The Morgan fingerprint density at radius 1 is 1.29 bits per heavy atom. The predicted octanol–water partition coefficient (Wildman–Crippen LogP) is 2.25. The topological polar surface area (TPSA) is 52.6 Å². The predicted molar refractivity (Wildman–Crippen MR) is 69.4 cm³/mol. The number of carbonyl (C=O) groups is 2. The number of halogens is 1. The minimum Gasteiger partial charge on any atom is -0.426 e. The first-order valence-electron chi connectivity index (χ1n) is 4.74. The molecule has 0 unspecified atom stereocenters. The van der Waals surface area contributed by atoms with E-state index in [2.05, 4.69) is 8.99 Å². The number of terminal acetylenes is 1. The van der Waals surface area contributed by atoms with Crippen LogP contribution in [0.2, 0.25) is 0 Å². The van der Waals surface area contributed by atoms with E-state index in [0.717, 1.165) is 0 Å². The van der Waals surface area contributed by atoms with Crippen LogP contribution in [0.4, 0.5) is 0 Å². The molecule has 0 fully saturated rings. The minimum absolute atomic E-state index is 0.00337. The van der Waals surface area contributed by atoms with Crippen molar-refractivity contribution in [2.75, 3.05) is 0 Å². The molecular formula is C12H9IO4. The number of benzene rings is 1. The van der Waals surface area contributed by atoms with Gasteiger partial charge in [0.15, 0.2) is 23.0 Å². The minimum atomic E-state index is -0.499. The van der Waals surface area contributed by atoms with Gasteiger partial charge in [0, 0.05) is 5.56 Å². The molecule has 0 amide bonds. The van der Waals surface area contributed by atoms with Gasteiger partial charge in [-0.25, -0.2) is 0 Å². The summed E-state index contributed by atoms with van der Waals surface area (Å²) in [7, 11) is 0. The maximum absolute atomic E-state index is 11.3. The summed E-state index contributed by atoms with van der Waals surface area (Å²) < 4.78 is 9.39. The monoisotopic (exact) mass is 344 g/mol. The molecule has 5 heteroatoms. The van der Waals surface area contributed by atoms with E-state index in [0.29, 0.717) is 11.3 Å². The summed E-state index contributed by atoms with van der Waals surface area (Å²) in [5.74, 6) is 1.84. The molecule has 0 N–H and O–H groups in total. The van der Waals surface area contributed by atoms with E-state index in [1.165, 1.54) is 23.0 Å². The molecule has 0 aliphatic rings. The molecule has 1 aromatic carbocycles. The summed E-state index contributed by atoms with van der Waals surface area (Å²) in [5, 5.41) is 0. The lowest BCUT2D eigenvalue weighted by molar-refractivity contribution is -0.139. The van der Waals surface area contributed by atoms with Crippen LogP contribution in [-0.2, 0) is 12.7 Å². The van der Waals surface area contributed by atoms with Gasteiger partial charge in [0.2, 0.25) is 0 Å². The van der Waals surface area contributed by atoms with Crippen molar-refractivity contribution in [3.8, 4) is 18.1 Å². The van der Waals surface area contributed by atoms with Crippen molar-refractivity contribution >= 4 is 34.9 Å². The standard InChI is InChI=1S/C12H9IO4/c1-2-9-4-3-5-10(8-9)16-11(14)6-7-12(15)17-13/h1,3-5,8H,6-7H2. The van der Waals surface area contributed by atoms with Crippen molar-refractivity contribution in [3.05, 3.63) is 29.8 Å². The molecule has 4 nitrogen and oxygen atoms in total. The first kappa shape index (κ1) is 13.5. The Morgan fingerprint density at radius 2 is 2.00 bits per heavy atom. The average molecular weight is 344 g/mol. The second kappa shape index (κ2) is 6.91. The Labute approximate surface area is 113 Å². The molecule has 88 valence electrons. The van der Waals surface area contributed by atoms with Gasteiger partial charge in [0.1, 0.15) is 5.75 Å². The Balaban J connectivity index is 2.51. The Bertz CT molecular complexity index is 462. The van der Waals surface area contributed by atoms with Crippen LogP contribution in [-0.4, -0.2) is 11.9 Å². The quantitative estimate of drug-likeness (QED) is 0.364. The molecule has 0 spiro atoms. The van der Waals surface area contributed by atoms with Crippen LogP contribution < -0.4 is 4.74 Å². The molecule has 0 saturated carbocycles. The third kappa shape index (κ3) is 4.87. The van der Waals surface area contributed by atoms with E-state index >= 15 is 0 Å². The summed E-state index contributed by atoms with van der Waals surface area (Å²) in [6.45, 7) is 0. The fourth-order valence-corrected chi connectivity index (χ4v) is 1.29. The summed E-state index contributed by atoms with van der Waals surface area (Å²) >= 11 is 1.47. The maximum atomic E-state index is 11.3. The van der Waals surface area contributed by atoms with E-state index in [4.69, 9.17) is 11.2 Å². The third-order valence-electron chi connectivity index (χ3n) is 1.85. The average Bonchev–Trinajstić information content (AvgIpc) is 2.36. The lowest BCUT2D eigenvalue weighted by atomic mass is 10.2. The normalized spacial score (nSPS) is 9.18. The van der Waals surface area contributed by atoms with Gasteiger partial charge >= 0.3 is 11.9 Å². The number of carbonyl (C=O) groups excluding carboxylic acids is 2. The fraction of sp³-hybridized carbons (Fsp3) is 0.167. The Morgan fingerprint density at radius 3 is 2.65 bits per heavy atom. The summed E-state index contributed by atoms with van der Waals surface area (Å²) in [6, 6.07) is 6.62. The lowest BCUT2D eigenvalue weighted by Crippen LogP contribution is -2.10. The largest absolute Gasteiger partial charge is 0.426 e. The number of rotatable bonds is 4. The van der Waals surface area contributed by atoms with Gasteiger partial charge < -0.3 is 7.80 Å². The van der Waals surface area contributed by atoms with Crippen LogP contribution in [0.1, 0.15) is 18.4 Å². The Kier molecular flexibility index (Phi) is 5.49. The first-order valence-corrected chi connectivity index (χ1v) is 5.62. The smallest absolute Gasteiger partial charge is 0.315 e. The third-order valence-corrected chi connectivity index (χ3v) is 2.34. The van der Waals surface area contributed by atoms with Crippen molar-refractivity contribution in [2.45, 2.75) is 12.8 Å². The molecule has 17 heavy (non-hydrogen) atoms. The highest BCUT2D eigenvalue weighted by atomic mass is 127. The fourth-order valence-electron chi connectivity index (χ4n) is 1.07. The number of ether oxygens (including phenoxy) is 1. The van der Waals surface area contributed by atoms with Gasteiger partial charge in [0.25, 0.3) is 0 Å². The Hall–Kier alpha value is -1.55. The van der Waals surface area contributed by atoms with E-state index in [1.54, 1.807) is 24.3 Å². The molecular weight excluding hydrogens is 335 g/mol. The highest BCUT2D eigenvalue weighted by molar-refractivity contribution is 14.1. The maximum Gasteiger partial charge on any atom is 0.315 e. The molecule has 0 saturated heterocycles. The van der Waals surface area contributed by atoms with E-state index in [9.17, 15) is 9.59 Å². The molecule has 0 aliphatic carbocycles. The molecule has 0 heterocycles. The van der Waals surface area contributed by atoms with Crippen LogP contribution >= 0.6 is 23.0 Å². The molecule has 1 aromatic rings. The van der Waals surface area contributed by atoms with Gasteiger partial charge in [0.05, 0.1) is 12.8 Å². The number of esters is 1. The molecule has 1 rings (SSSR count). The zero-order valence-corrected chi connectivity index (χ0v) is 11.0. The number of hydrogen-bond donors (Lipinski definition) is 0. The van der Waals surface area contributed by atoms with Crippen LogP contribution in [0.5, 0.6) is 5.75 Å². The highest BCUT2D eigenvalue weighted by Crippen LogP contribution is 2.13. The van der Waals surface area contributed by atoms with Crippen LogP contribution in [0.15, 0.2) is 24.3 Å². The van der Waals surface area contributed by atoms with Gasteiger partial charge in [-0.3, -0.25) is 9.59 Å². The van der Waals surface area contributed by atoms with Crippen LogP contribution in [0, 0.1) is 12.3 Å². The summed E-state index contributed by atoms with van der Waals surface area (Å²) in [4.78, 5) is 22.2. The zero-order chi connectivity index (χ0) is 12.7. The first-order chi connectivity index (χ1) is 8.15. The second-order valence-corrected chi connectivity index (χ2v) is 3.54. The molecule has 0 aromatic heterocycles. The van der Waals surface area contributed by atoms with E-state index in [1.807, 2.05) is 0 Å². The molecule has 0 bridgehead atoms. The second-order valence-electron chi connectivity index (χ2n) is 3.10. The lowest BCUT2D eigenvalue weighted by Gasteiger charge is -2.03.